The Morgan fingerprint density at radius 3 is 2.32 bits per heavy atom. The van der Waals surface area contributed by atoms with E-state index in [9.17, 15) is 38.1 Å². The second-order valence-corrected chi connectivity index (χ2v) is 16.1. The third kappa shape index (κ3) is 9.19. The van der Waals surface area contributed by atoms with Gasteiger partial charge >= 0.3 is 6.18 Å². The van der Waals surface area contributed by atoms with Crippen molar-refractivity contribution < 1.29 is 42.8 Å². The zero-order chi connectivity index (χ0) is 44.3. The SMILES string of the molecule is Nc1sc(-c2ccc(C(=O)NCCCCCc3ccc(Nc4ncnc5c4ncn5[C@@H]4O[C@H](CO)[C@@H](O)[C@H]4O)cc3)cc2)c(-c2cccc(C(F)(F)F)c2)c1C(=O)c1ccccc1. The monoisotopic (exact) mass is 877 g/mol. The van der Waals surface area contributed by atoms with Crippen molar-refractivity contribution in [3.05, 3.63) is 144 Å². The second-order valence-electron chi connectivity index (χ2n) is 15.1. The van der Waals surface area contributed by atoms with Crippen LogP contribution in [-0.2, 0) is 17.3 Å². The first kappa shape index (κ1) is 43.2. The summed E-state index contributed by atoms with van der Waals surface area (Å²) in [6, 6.07) is 27.8. The molecule has 4 heterocycles. The van der Waals surface area contributed by atoms with Crippen LogP contribution in [0.1, 0.15) is 62.9 Å². The molecule has 0 bridgehead atoms. The normalized spacial score (nSPS) is 17.6. The molecule has 324 valence electrons. The number of nitrogens with one attached hydrogen (secondary N) is 2. The summed E-state index contributed by atoms with van der Waals surface area (Å²) in [4.78, 5) is 40.4. The van der Waals surface area contributed by atoms with Crippen molar-refractivity contribution in [1.82, 2.24) is 24.8 Å². The van der Waals surface area contributed by atoms with Gasteiger partial charge < -0.3 is 36.4 Å². The highest BCUT2D eigenvalue weighted by molar-refractivity contribution is 7.20. The lowest BCUT2D eigenvalue weighted by atomic mass is 9.92. The van der Waals surface area contributed by atoms with E-state index in [2.05, 4.69) is 25.6 Å². The Bertz CT molecular complexity index is 2730. The molecule has 1 aliphatic heterocycles. The molecule has 1 aliphatic rings. The largest absolute Gasteiger partial charge is 0.416 e. The predicted molar refractivity (Wildman–Crippen MR) is 232 cm³/mol. The number of halogens is 3. The third-order valence-electron chi connectivity index (χ3n) is 10.9. The molecule has 8 rings (SSSR count). The number of aromatic nitrogens is 4. The van der Waals surface area contributed by atoms with Crippen LogP contribution in [0.25, 0.3) is 32.7 Å². The number of nitrogens with zero attached hydrogens (tertiary/aromatic N) is 4. The van der Waals surface area contributed by atoms with Crippen LogP contribution in [0.4, 0.5) is 29.7 Å². The van der Waals surface area contributed by atoms with Crippen LogP contribution in [0.15, 0.2) is 116 Å². The third-order valence-corrected chi connectivity index (χ3v) is 11.9. The summed E-state index contributed by atoms with van der Waals surface area (Å²) in [5.74, 6) is -0.226. The smallest absolute Gasteiger partial charge is 0.394 e. The molecule has 1 fully saturated rings. The summed E-state index contributed by atoms with van der Waals surface area (Å²) in [5.41, 5.74) is 10.3. The zero-order valence-corrected chi connectivity index (χ0v) is 34.3. The molecular formula is C46H42F3N7O6S. The van der Waals surface area contributed by atoms with Crippen LogP contribution in [0.3, 0.4) is 0 Å². The highest BCUT2D eigenvalue weighted by atomic mass is 32.1. The Labute approximate surface area is 363 Å². The van der Waals surface area contributed by atoms with Crippen LogP contribution in [0.5, 0.6) is 0 Å². The van der Waals surface area contributed by atoms with Crippen LogP contribution in [0, 0.1) is 0 Å². The average Bonchev–Trinajstić information content (AvgIpc) is 3.97. The first-order valence-electron chi connectivity index (χ1n) is 20.2. The number of carbonyl (C=O) groups excluding carboxylic acids is 2. The van der Waals surface area contributed by atoms with Crippen LogP contribution in [0.2, 0.25) is 0 Å². The van der Waals surface area contributed by atoms with Crippen LogP contribution < -0.4 is 16.4 Å². The number of nitrogen functional groups attached to an aromatic ring is 1. The van der Waals surface area contributed by atoms with E-state index in [0.29, 0.717) is 50.7 Å². The number of aliphatic hydroxyl groups excluding tert-OH is 3. The highest BCUT2D eigenvalue weighted by Gasteiger charge is 2.44. The van der Waals surface area contributed by atoms with E-state index in [4.69, 9.17) is 10.5 Å². The molecule has 1 amide bonds. The molecular weight excluding hydrogens is 836 g/mol. The number of amides is 1. The number of anilines is 3. The molecule has 0 spiro atoms. The maximum Gasteiger partial charge on any atom is 0.416 e. The lowest BCUT2D eigenvalue weighted by Gasteiger charge is -2.16. The van der Waals surface area contributed by atoms with Gasteiger partial charge in [0.1, 0.15) is 24.6 Å². The van der Waals surface area contributed by atoms with E-state index < -0.39 is 48.7 Å². The number of hydrogen-bond acceptors (Lipinski definition) is 12. The van der Waals surface area contributed by atoms with E-state index in [0.717, 1.165) is 60.4 Å². The zero-order valence-electron chi connectivity index (χ0n) is 33.5. The predicted octanol–water partition coefficient (Wildman–Crippen LogP) is 7.55. The first-order valence-corrected chi connectivity index (χ1v) is 21.0. The van der Waals surface area contributed by atoms with Gasteiger partial charge in [0.25, 0.3) is 5.91 Å². The molecule has 0 unspecified atom stereocenters. The van der Waals surface area contributed by atoms with Crippen LogP contribution >= 0.6 is 11.3 Å². The lowest BCUT2D eigenvalue weighted by Crippen LogP contribution is -2.33. The summed E-state index contributed by atoms with van der Waals surface area (Å²) in [5, 5.41) is 36.5. The van der Waals surface area contributed by atoms with Gasteiger partial charge in [0.05, 0.1) is 29.1 Å². The molecule has 7 aromatic rings. The molecule has 0 aliphatic carbocycles. The fraction of sp³-hybridized carbons (Fsp3) is 0.239. The average molecular weight is 878 g/mol. The minimum Gasteiger partial charge on any atom is -0.394 e. The molecule has 0 radical (unpaired) electrons. The summed E-state index contributed by atoms with van der Waals surface area (Å²) >= 11 is 1.11. The molecule has 3 aromatic heterocycles. The van der Waals surface area contributed by atoms with Crippen molar-refractivity contribution in [1.29, 1.82) is 0 Å². The molecule has 1 saturated heterocycles. The van der Waals surface area contributed by atoms with Crippen molar-refractivity contribution >= 4 is 50.7 Å². The number of benzene rings is 4. The van der Waals surface area contributed by atoms with Crippen molar-refractivity contribution in [2.24, 2.45) is 0 Å². The van der Waals surface area contributed by atoms with Gasteiger partial charge in [-0.3, -0.25) is 14.2 Å². The highest BCUT2D eigenvalue weighted by Crippen LogP contribution is 2.47. The molecule has 7 N–H and O–H groups in total. The summed E-state index contributed by atoms with van der Waals surface area (Å²) in [6.45, 7) is 0.0183. The molecule has 4 aromatic carbocycles. The molecule has 13 nitrogen and oxygen atoms in total. The van der Waals surface area contributed by atoms with Gasteiger partial charge in [-0.2, -0.15) is 13.2 Å². The Balaban J connectivity index is 0.848. The molecule has 4 atom stereocenters. The van der Waals surface area contributed by atoms with Crippen LogP contribution in [-0.4, -0.2) is 78.0 Å². The number of alkyl halides is 3. The fourth-order valence-electron chi connectivity index (χ4n) is 7.58. The number of aliphatic hydroxyl groups is 3. The maximum absolute atomic E-state index is 13.8. The number of aryl methyl sites for hydroxylation is 1. The van der Waals surface area contributed by atoms with E-state index in [1.165, 1.54) is 29.4 Å². The number of rotatable bonds is 15. The van der Waals surface area contributed by atoms with E-state index in [1.54, 1.807) is 54.6 Å². The fourth-order valence-corrected chi connectivity index (χ4v) is 8.67. The minimum absolute atomic E-state index is 0.127. The van der Waals surface area contributed by atoms with Gasteiger partial charge in [-0.05, 0) is 72.4 Å². The number of thiophene rings is 1. The van der Waals surface area contributed by atoms with Gasteiger partial charge in [-0.1, -0.05) is 73.2 Å². The standard InChI is InChI=1S/C46H42F3N7O6S/c47-46(48,49)31-12-7-11-30(22-31)34-35(37(58)27-9-4-1-5-10-27)41(50)63-40(34)28-15-17-29(18-16-28)44(61)51-21-6-2-3-8-26-13-19-32(20-14-26)55-42-36-43(53-24-52-42)56(25-54-36)45-39(60)38(59)33(23-57)62-45/h1,4-5,7,9-20,22,24-25,33,38-39,45,57,59-60H,2-3,6,8,21,23,50H2,(H,51,61)(H,52,53,55)/t33-,38-,39-,45-/m1/s1. The van der Waals surface area contributed by atoms with E-state index in [-0.39, 0.29) is 22.0 Å². The Hall–Kier alpha value is -6.50. The van der Waals surface area contributed by atoms with Gasteiger partial charge in [0.15, 0.2) is 29.0 Å². The number of imidazole rings is 1. The number of hydrogen-bond donors (Lipinski definition) is 6. The van der Waals surface area contributed by atoms with Crippen molar-refractivity contribution in [3.8, 4) is 21.6 Å². The Morgan fingerprint density at radius 2 is 1.60 bits per heavy atom. The summed E-state index contributed by atoms with van der Waals surface area (Å²) in [6.07, 6.45) is -2.87. The number of ether oxygens (including phenoxy) is 1. The minimum atomic E-state index is -4.59. The van der Waals surface area contributed by atoms with Gasteiger partial charge in [-0.25, -0.2) is 15.0 Å². The quantitative estimate of drug-likeness (QED) is 0.0439. The summed E-state index contributed by atoms with van der Waals surface area (Å²) < 4.78 is 48.5. The number of fused-ring (bicyclic) bond motifs is 1. The molecule has 63 heavy (non-hydrogen) atoms. The van der Waals surface area contributed by atoms with Crippen molar-refractivity contribution in [3.63, 3.8) is 0 Å². The van der Waals surface area contributed by atoms with Gasteiger partial charge in [0.2, 0.25) is 0 Å². The van der Waals surface area contributed by atoms with E-state index in [1.807, 2.05) is 24.3 Å². The Kier molecular flexibility index (Phi) is 12.6. The van der Waals surface area contributed by atoms with E-state index >= 15 is 0 Å². The Morgan fingerprint density at radius 1 is 0.841 bits per heavy atom. The number of unbranched alkanes of at least 4 members (excludes halogenated alkanes) is 2. The number of carbonyl (C=O) groups is 2. The maximum atomic E-state index is 13.8. The van der Waals surface area contributed by atoms with Gasteiger partial charge in [-0.15, -0.1) is 11.3 Å². The van der Waals surface area contributed by atoms with Crippen molar-refractivity contribution in [2.45, 2.75) is 56.4 Å². The number of nitrogens with two attached hydrogens (primary N) is 1. The second kappa shape index (κ2) is 18.5. The summed E-state index contributed by atoms with van der Waals surface area (Å²) in [7, 11) is 0. The topological polar surface area (TPSA) is 198 Å². The molecule has 0 saturated carbocycles. The molecule has 17 heteroatoms. The van der Waals surface area contributed by atoms with Gasteiger partial charge in [0, 0.05) is 33.8 Å². The first-order chi connectivity index (χ1) is 30.4. The lowest BCUT2D eigenvalue weighted by molar-refractivity contribution is -0.137. The number of ketones is 1. The van der Waals surface area contributed by atoms with Crippen molar-refractivity contribution in [2.75, 3.05) is 24.2 Å².